The average Bonchev–Trinajstić information content (AvgIpc) is 2.76. The number of carbonyl (C=O) groups is 2. The molecule has 1 saturated heterocycles. The Morgan fingerprint density at radius 1 is 1.06 bits per heavy atom. The standard InChI is InChI=1S/C22H36N4O6S/c1-7-26(8-2)33(29,30)17-9-10-19(31-6)18(15-17)23-16-20(27)24-11-13-25(14-12-24)21(28)32-22(3,4)5/h9-10,15,23H,7-8,11-14,16H2,1-6H3. The lowest BCUT2D eigenvalue weighted by atomic mass is 10.2. The Labute approximate surface area is 196 Å². The average molecular weight is 485 g/mol. The first-order chi connectivity index (χ1) is 15.4. The van der Waals surface area contributed by atoms with Gasteiger partial charge in [-0.15, -0.1) is 0 Å². The van der Waals surface area contributed by atoms with Gasteiger partial charge in [0.15, 0.2) is 0 Å². The van der Waals surface area contributed by atoms with Crippen molar-refractivity contribution in [1.29, 1.82) is 0 Å². The highest BCUT2D eigenvalue weighted by molar-refractivity contribution is 7.89. The minimum atomic E-state index is -3.64. The Morgan fingerprint density at radius 2 is 1.64 bits per heavy atom. The van der Waals surface area contributed by atoms with Crippen LogP contribution in [0.25, 0.3) is 0 Å². The summed E-state index contributed by atoms with van der Waals surface area (Å²) in [5.41, 5.74) is -0.146. The van der Waals surface area contributed by atoms with Crippen molar-refractivity contribution in [3.05, 3.63) is 18.2 Å². The van der Waals surface area contributed by atoms with E-state index in [-0.39, 0.29) is 23.4 Å². The summed E-state index contributed by atoms with van der Waals surface area (Å²) in [5, 5.41) is 3.01. The van der Waals surface area contributed by atoms with Crippen LogP contribution in [0.15, 0.2) is 23.1 Å². The molecular weight excluding hydrogens is 448 g/mol. The van der Waals surface area contributed by atoms with Crippen molar-refractivity contribution in [2.24, 2.45) is 0 Å². The topological polar surface area (TPSA) is 108 Å². The highest BCUT2D eigenvalue weighted by Crippen LogP contribution is 2.29. The highest BCUT2D eigenvalue weighted by Gasteiger charge is 2.28. The van der Waals surface area contributed by atoms with Crippen molar-refractivity contribution in [2.45, 2.75) is 45.1 Å². The molecule has 1 aliphatic heterocycles. The van der Waals surface area contributed by atoms with Crippen LogP contribution in [-0.4, -0.2) is 93.0 Å². The fourth-order valence-corrected chi connectivity index (χ4v) is 4.93. The number of carbonyl (C=O) groups excluding carboxylic acids is 2. The van der Waals surface area contributed by atoms with E-state index in [1.165, 1.54) is 23.5 Å². The van der Waals surface area contributed by atoms with E-state index in [4.69, 9.17) is 9.47 Å². The van der Waals surface area contributed by atoms with Gasteiger partial charge in [-0.25, -0.2) is 13.2 Å². The number of sulfonamides is 1. The maximum absolute atomic E-state index is 12.8. The molecule has 0 unspecified atom stereocenters. The largest absolute Gasteiger partial charge is 0.495 e. The van der Waals surface area contributed by atoms with Gasteiger partial charge in [0, 0.05) is 39.3 Å². The van der Waals surface area contributed by atoms with Crippen LogP contribution in [0.4, 0.5) is 10.5 Å². The van der Waals surface area contributed by atoms with Crippen molar-refractivity contribution < 1.29 is 27.5 Å². The molecule has 11 heteroatoms. The van der Waals surface area contributed by atoms with Crippen LogP contribution in [-0.2, 0) is 19.6 Å². The molecule has 33 heavy (non-hydrogen) atoms. The summed E-state index contributed by atoms with van der Waals surface area (Å²) < 4.78 is 37.8. The molecule has 0 aromatic heterocycles. The Hall–Kier alpha value is -2.53. The van der Waals surface area contributed by atoms with Crippen molar-refractivity contribution >= 4 is 27.7 Å². The van der Waals surface area contributed by atoms with Crippen LogP contribution in [0.1, 0.15) is 34.6 Å². The third kappa shape index (κ3) is 6.97. The quantitative estimate of drug-likeness (QED) is 0.603. The molecule has 2 amide bonds. The van der Waals surface area contributed by atoms with E-state index in [2.05, 4.69) is 5.32 Å². The molecule has 0 aliphatic carbocycles. The zero-order valence-corrected chi connectivity index (χ0v) is 21.2. The first-order valence-electron chi connectivity index (χ1n) is 11.1. The summed E-state index contributed by atoms with van der Waals surface area (Å²) in [6.45, 7) is 11.3. The summed E-state index contributed by atoms with van der Waals surface area (Å²) in [7, 11) is -2.16. The molecule has 0 saturated carbocycles. The highest BCUT2D eigenvalue weighted by atomic mass is 32.2. The zero-order valence-electron chi connectivity index (χ0n) is 20.4. The van der Waals surface area contributed by atoms with Gasteiger partial charge in [-0.3, -0.25) is 4.79 Å². The molecule has 1 aliphatic rings. The molecule has 1 aromatic carbocycles. The number of benzene rings is 1. The third-order valence-corrected chi connectivity index (χ3v) is 7.27. The lowest BCUT2D eigenvalue weighted by molar-refractivity contribution is -0.131. The van der Waals surface area contributed by atoms with Gasteiger partial charge in [0.05, 0.1) is 24.2 Å². The first kappa shape index (κ1) is 26.7. The molecule has 1 N–H and O–H groups in total. The normalized spacial score (nSPS) is 14.9. The van der Waals surface area contributed by atoms with E-state index in [0.29, 0.717) is 50.7 Å². The van der Waals surface area contributed by atoms with Gasteiger partial charge in [0.25, 0.3) is 0 Å². The maximum Gasteiger partial charge on any atom is 0.410 e. The fraction of sp³-hybridized carbons (Fsp3) is 0.636. The number of anilines is 1. The molecule has 1 heterocycles. The number of piperazine rings is 1. The smallest absolute Gasteiger partial charge is 0.410 e. The Bertz CT molecular complexity index is 933. The minimum absolute atomic E-state index is 0.0302. The minimum Gasteiger partial charge on any atom is -0.495 e. The van der Waals surface area contributed by atoms with Crippen molar-refractivity contribution in [3.8, 4) is 5.75 Å². The van der Waals surface area contributed by atoms with Crippen LogP contribution >= 0.6 is 0 Å². The monoisotopic (exact) mass is 484 g/mol. The second-order valence-corrected chi connectivity index (χ2v) is 10.6. The first-order valence-corrected chi connectivity index (χ1v) is 12.5. The lowest BCUT2D eigenvalue weighted by Gasteiger charge is -2.35. The van der Waals surface area contributed by atoms with Crippen LogP contribution < -0.4 is 10.1 Å². The number of ether oxygens (including phenoxy) is 2. The van der Waals surface area contributed by atoms with Gasteiger partial charge in [-0.05, 0) is 39.0 Å². The number of hydrogen-bond donors (Lipinski definition) is 1. The number of methoxy groups -OCH3 is 1. The van der Waals surface area contributed by atoms with E-state index in [0.717, 1.165) is 0 Å². The molecule has 1 aromatic rings. The van der Waals surface area contributed by atoms with E-state index >= 15 is 0 Å². The van der Waals surface area contributed by atoms with E-state index in [1.807, 2.05) is 20.8 Å². The number of hydrogen-bond acceptors (Lipinski definition) is 7. The van der Waals surface area contributed by atoms with Gasteiger partial charge >= 0.3 is 6.09 Å². The molecule has 1 fully saturated rings. The second-order valence-electron chi connectivity index (χ2n) is 8.65. The van der Waals surface area contributed by atoms with Gasteiger partial charge in [-0.1, -0.05) is 13.8 Å². The predicted molar refractivity (Wildman–Crippen MR) is 126 cm³/mol. The van der Waals surface area contributed by atoms with Gasteiger partial charge in [-0.2, -0.15) is 4.31 Å². The summed E-state index contributed by atoms with van der Waals surface area (Å²) >= 11 is 0. The fourth-order valence-electron chi connectivity index (χ4n) is 3.45. The van der Waals surface area contributed by atoms with E-state index in [9.17, 15) is 18.0 Å². The van der Waals surface area contributed by atoms with Crippen LogP contribution in [0, 0.1) is 0 Å². The van der Waals surface area contributed by atoms with Crippen LogP contribution in [0.2, 0.25) is 0 Å². The number of nitrogens with one attached hydrogen (secondary N) is 1. The molecule has 0 atom stereocenters. The van der Waals surface area contributed by atoms with Crippen LogP contribution in [0.3, 0.4) is 0 Å². The van der Waals surface area contributed by atoms with Crippen molar-refractivity contribution in [1.82, 2.24) is 14.1 Å². The van der Waals surface area contributed by atoms with Crippen LogP contribution in [0.5, 0.6) is 5.75 Å². The maximum atomic E-state index is 12.8. The SMILES string of the molecule is CCN(CC)S(=O)(=O)c1ccc(OC)c(NCC(=O)N2CCN(C(=O)OC(C)(C)C)CC2)c1. The Morgan fingerprint density at radius 3 is 2.15 bits per heavy atom. The molecular formula is C22H36N4O6S. The molecule has 0 bridgehead atoms. The lowest BCUT2D eigenvalue weighted by Crippen LogP contribution is -2.52. The molecule has 186 valence electrons. The molecule has 0 spiro atoms. The number of nitrogens with zero attached hydrogens (tertiary/aromatic N) is 3. The second kappa shape index (κ2) is 11.1. The molecule has 0 radical (unpaired) electrons. The Balaban J connectivity index is 2.02. The summed E-state index contributed by atoms with van der Waals surface area (Å²) in [4.78, 5) is 28.3. The zero-order chi connectivity index (χ0) is 24.8. The molecule has 10 nitrogen and oxygen atoms in total. The number of amides is 2. The van der Waals surface area contributed by atoms with Crippen molar-refractivity contribution in [3.63, 3.8) is 0 Å². The third-order valence-electron chi connectivity index (χ3n) is 5.23. The van der Waals surface area contributed by atoms with E-state index in [1.54, 1.807) is 29.7 Å². The van der Waals surface area contributed by atoms with E-state index < -0.39 is 15.6 Å². The summed E-state index contributed by atoms with van der Waals surface area (Å²) in [6, 6.07) is 4.55. The summed E-state index contributed by atoms with van der Waals surface area (Å²) in [5.74, 6) is 0.286. The van der Waals surface area contributed by atoms with Gasteiger partial charge in [0.1, 0.15) is 11.4 Å². The summed E-state index contributed by atoms with van der Waals surface area (Å²) in [6.07, 6.45) is -0.385. The van der Waals surface area contributed by atoms with Crippen molar-refractivity contribution in [2.75, 3.05) is 58.2 Å². The van der Waals surface area contributed by atoms with Gasteiger partial charge in [0.2, 0.25) is 15.9 Å². The van der Waals surface area contributed by atoms with Gasteiger partial charge < -0.3 is 24.6 Å². The Kier molecular flexibility index (Phi) is 8.96. The predicted octanol–water partition coefficient (Wildman–Crippen LogP) is 2.22. The molecule has 2 rings (SSSR count). The number of rotatable bonds is 8.